The molecule has 0 heterocycles. The molecule has 4 heteroatoms. The van der Waals surface area contributed by atoms with Gasteiger partial charge in [-0.3, -0.25) is 4.90 Å². The summed E-state index contributed by atoms with van der Waals surface area (Å²) in [6, 6.07) is 13.4. The number of esters is 1. The first-order valence-electron chi connectivity index (χ1n) is 10.3. The van der Waals surface area contributed by atoms with Crippen LogP contribution in [0.3, 0.4) is 0 Å². The van der Waals surface area contributed by atoms with Gasteiger partial charge in [-0.25, -0.2) is 4.79 Å². The summed E-state index contributed by atoms with van der Waals surface area (Å²) >= 11 is 0. The summed E-state index contributed by atoms with van der Waals surface area (Å²) in [5.74, 6) is -0.344. The van der Waals surface area contributed by atoms with E-state index in [1.165, 1.54) is 41.0 Å². The number of methoxy groups -OCH3 is 1. The molecule has 1 aliphatic rings. The van der Waals surface area contributed by atoms with Crippen molar-refractivity contribution in [1.82, 2.24) is 4.90 Å². The van der Waals surface area contributed by atoms with Crippen LogP contribution in [-0.4, -0.2) is 42.8 Å². The van der Waals surface area contributed by atoms with Crippen molar-refractivity contribution < 1.29 is 14.6 Å². The molecule has 2 aromatic carbocycles. The van der Waals surface area contributed by atoms with E-state index in [-0.39, 0.29) is 12.6 Å². The molecule has 154 valence electrons. The number of nitrogens with zero attached hydrogens (tertiary/aromatic N) is 1. The highest BCUT2D eigenvalue weighted by Crippen LogP contribution is 2.36. The van der Waals surface area contributed by atoms with Crippen LogP contribution in [0.1, 0.15) is 45.8 Å². The van der Waals surface area contributed by atoms with Crippen LogP contribution in [0, 0.1) is 13.8 Å². The predicted molar refractivity (Wildman–Crippen MR) is 117 cm³/mol. The van der Waals surface area contributed by atoms with Gasteiger partial charge in [-0.15, -0.1) is 0 Å². The van der Waals surface area contributed by atoms with Gasteiger partial charge in [0.15, 0.2) is 0 Å². The highest BCUT2D eigenvalue weighted by atomic mass is 16.5. The summed E-state index contributed by atoms with van der Waals surface area (Å²) in [6.07, 6.45) is 6.32. The molecule has 1 unspecified atom stereocenters. The normalized spacial score (nSPS) is 15.8. The second-order valence-electron chi connectivity index (χ2n) is 7.81. The Bertz CT molecular complexity index is 888. The van der Waals surface area contributed by atoms with Crippen LogP contribution < -0.4 is 0 Å². The van der Waals surface area contributed by atoms with Crippen molar-refractivity contribution in [3.8, 4) is 0 Å². The van der Waals surface area contributed by atoms with E-state index < -0.39 is 0 Å². The molecule has 29 heavy (non-hydrogen) atoms. The van der Waals surface area contributed by atoms with Gasteiger partial charge in [-0.05, 0) is 67.0 Å². The lowest BCUT2D eigenvalue weighted by atomic mass is 10.0. The Morgan fingerprint density at radius 2 is 2.03 bits per heavy atom. The van der Waals surface area contributed by atoms with E-state index in [4.69, 9.17) is 0 Å². The number of ether oxygens (including phenoxy) is 1. The van der Waals surface area contributed by atoms with Crippen molar-refractivity contribution in [2.24, 2.45) is 0 Å². The fourth-order valence-electron chi connectivity index (χ4n) is 4.27. The molecule has 0 amide bonds. The molecule has 0 saturated carbocycles. The first-order valence-corrected chi connectivity index (χ1v) is 10.3. The molecule has 0 spiro atoms. The van der Waals surface area contributed by atoms with Crippen molar-refractivity contribution in [2.45, 2.75) is 39.2 Å². The fraction of sp³-hybridized carbons (Fsp3) is 0.400. The monoisotopic (exact) mass is 393 g/mol. The first kappa shape index (κ1) is 21.3. The van der Waals surface area contributed by atoms with E-state index in [1.807, 2.05) is 0 Å². The largest absolute Gasteiger partial charge is 0.466 e. The van der Waals surface area contributed by atoms with Crippen molar-refractivity contribution >= 4 is 12.0 Å². The molecule has 0 saturated heterocycles. The van der Waals surface area contributed by atoms with E-state index in [0.717, 1.165) is 31.4 Å². The minimum atomic E-state index is -0.344. The molecular weight excluding hydrogens is 362 g/mol. The third-order valence-corrected chi connectivity index (χ3v) is 5.82. The summed E-state index contributed by atoms with van der Waals surface area (Å²) in [5, 5.41) is 9.63. The highest BCUT2D eigenvalue weighted by molar-refractivity contribution is 5.86. The van der Waals surface area contributed by atoms with E-state index in [1.54, 1.807) is 6.08 Å². The Labute approximate surface area is 173 Å². The Morgan fingerprint density at radius 1 is 1.21 bits per heavy atom. The van der Waals surface area contributed by atoms with Gasteiger partial charge in [0.05, 0.1) is 13.7 Å². The number of aryl methyl sites for hydroxylation is 3. The number of aliphatic hydroxyl groups excluding tert-OH is 1. The molecule has 1 aliphatic carbocycles. The number of carbonyl (C=O) groups is 1. The number of benzene rings is 2. The van der Waals surface area contributed by atoms with Gasteiger partial charge >= 0.3 is 5.97 Å². The van der Waals surface area contributed by atoms with Gasteiger partial charge in [-0.1, -0.05) is 42.0 Å². The number of hydrogen-bond acceptors (Lipinski definition) is 4. The van der Waals surface area contributed by atoms with Gasteiger partial charge < -0.3 is 9.84 Å². The van der Waals surface area contributed by atoms with Crippen LogP contribution in [0.4, 0.5) is 0 Å². The maximum atomic E-state index is 11.3. The summed E-state index contributed by atoms with van der Waals surface area (Å²) in [6.45, 7) is 6.07. The SMILES string of the molecule is COC(=O)C=Cc1ccc2c(c1)CCC2N(CCO)CCc1ccc(C)cc1C. The number of aliphatic hydroxyl groups is 1. The van der Waals surface area contributed by atoms with Crippen LogP contribution in [0.15, 0.2) is 42.5 Å². The van der Waals surface area contributed by atoms with Crippen molar-refractivity contribution in [3.63, 3.8) is 0 Å². The molecule has 0 aliphatic heterocycles. The number of rotatable bonds is 8. The topological polar surface area (TPSA) is 49.8 Å². The van der Waals surface area contributed by atoms with Crippen LogP contribution >= 0.6 is 0 Å². The maximum absolute atomic E-state index is 11.3. The highest BCUT2D eigenvalue weighted by Gasteiger charge is 2.27. The number of fused-ring (bicyclic) bond motifs is 1. The number of hydrogen-bond donors (Lipinski definition) is 1. The minimum Gasteiger partial charge on any atom is -0.466 e. The quantitative estimate of drug-likeness (QED) is 0.544. The Morgan fingerprint density at radius 3 is 2.76 bits per heavy atom. The molecule has 0 radical (unpaired) electrons. The van der Waals surface area contributed by atoms with E-state index >= 15 is 0 Å². The van der Waals surface area contributed by atoms with Crippen molar-refractivity contribution in [3.05, 3.63) is 75.9 Å². The van der Waals surface area contributed by atoms with E-state index in [0.29, 0.717) is 12.6 Å². The number of carbonyl (C=O) groups excluding carboxylic acids is 1. The first-order chi connectivity index (χ1) is 14.0. The second kappa shape index (κ2) is 9.86. The van der Waals surface area contributed by atoms with E-state index in [9.17, 15) is 9.90 Å². The lowest BCUT2D eigenvalue weighted by Crippen LogP contribution is -2.32. The zero-order valence-electron chi connectivity index (χ0n) is 17.6. The summed E-state index contributed by atoms with van der Waals surface area (Å²) in [5.41, 5.74) is 7.69. The predicted octanol–water partition coefficient (Wildman–Crippen LogP) is 4.01. The Hall–Kier alpha value is -2.43. The minimum absolute atomic E-state index is 0.165. The van der Waals surface area contributed by atoms with Crippen LogP contribution in [0.5, 0.6) is 0 Å². The molecule has 1 N–H and O–H groups in total. The van der Waals surface area contributed by atoms with Gasteiger partial charge in [0.1, 0.15) is 0 Å². The summed E-state index contributed by atoms with van der Waals surface area (Å²) in [7, 11) is 1.38. The lowest BCUT2D eigenvalue weighted by molar-refractivity contribution is -0.134. The maximum Gasteiger partial charge on any atom is 0.330 e. The molecular formula is C25H31NO3. The summed E-state index contributed by atoms with van der Waals surface area (Å²) < 4.78 is 4.66. The van der Waals surface area contributed by atoms with Crippen LogP contribution in [0.25, 0.3) is 6.08 Å². The molecule has 1 atom stereocenters. The zero-order valence-corrected chi connectivity index (χ0v) is 17.6. The van der Waals surface area contributed by atoms with Crippen molar-refractivity contribution in [2.75, 3.05) is 26.8 Å². The molecule has 2 aromatic rings. The van der Waals surface area contributed by atoms with E-state index in [2.05, 4.69) is 59.9 Å². The second-order valence-corrected chi connectivity index (χ2v) is 7.81. The van der Waals surface area contributed by atoms with Gasteiger partial charge in [0.25, 0.3) is 0 Å². The van der Waals surface area contributed by atoms with Gasteiger partial charge in [-0.2, -0.15) is 0 Å². The fourth-order valence-corrected chi connectivity index (χ4v) is 4.27. The van der Waals surface area contributed by atoms with Crippen LogP contribution in [-0.2, 0) is 22.4 Å². The summed E-state index contributed by atoms with van der Waals surface area (Å²) in [4.78, 5) is 13.7. The standard InChI is InChI=1S/C25H31NO3/c1-18-4-7-21(19(2)16-18)12-13-26(14-15-27)24-10-8-22-17-20(5-9-23(22)24)6-11-25(28)29-3/h4-7,9,11,16-17,24,27H,8,10,12-15H2,1-3H3. The zero-order chi connectivity index (χ0) is 20.8. The molecule has 4 nitrogen and oxygen atoms in total. The van der Waals surface area contributed by atoms with Crippen LogP contribution in [0.2, 0.25) is 0 Å². The van der Waals surface area contributed by atoms with Crippen molar-refractivity contribution in [1.29, 1.82) is 0 Å². The average molecular weight is 394 g/mol. The third kappa shape index (κ3) is 5.34. The van der Waals surface area contributed by atoms with Gasteiger partial charge in [0.2, 0.25) is 0 Å². The third-order valence-electron chi connectivity index (χ3n) is 5.82. The molecule has 3 rings (SSSR count). The Balaban J connectivity index is 1.73. The Kier molecular flexibility index (Phi) is 7.24. The molecule has 0 aromatic heterocycles. The molecule has 0 bridgehead atoms. The smallest absolute Gasteiger partial charge is 0.330 e. The average Bonchev–Trinajstić information content (AvgIpc) is 3.13. The van der Waals surface area contributed by atoms with Gasteiger partial charge in [0, 0.05) is 25.2 Å². The lowest BCUT2D eigenvalue weighted by Gasteiger charge is -2.29. The molecule has 0 fully saturated rings.